The van der Waals surface area contributed by atoms with Gasteiger partial charge in [0.25, 0.3) is 0 Å². The number of likely N-dealkylation sites (tertiary alicyclic amines) is 1. The zero-order chi connectivity index (χ0) is 13.5. The standard InChI is InChI=1S/C12H23N3O.C2H6/c1-14(2)12(16)11-4-3-9-15(11)10-5-7-13-8-6-10;1-2/h10-11,13H,3-9H2,1-2H3;1-2H3/t11-;/m0./s1. The van der Waals surface area contributed by atoms with Gasteiger partial charge in [0, 0.05) is 20.1 Å². The minimum absolute atomic E-state index is 0.151. The molecule has 2 fully saturated rings. The van der Waals surface area contributed by atoms with Crippen molar-refractivity contribution in [1.29, 1.82) is 0 Å². The zero-order valence-electron chi connectivity index (χ0n) is 12.4. The summed E-state index contributed by atoms with van der Waals surface area (Å²) >= 11 is 0. The monoisotopic (exact) mass is 255 g/mol. The molecule has 0 bridgehead atoms. The molecular formula is C14H29N3O. The fourth-order valence-electron chi connectivity index (χ4n) is 2.93. The van der Waals surface area contributed by atoms with Crippen molar-refractivity contribution in [2.24, 2.45) is 0 Å². The van der Waals surface area contributed by atoms with E-state index in [1.54, 1.807) is 4.90 Å². The average molecular weight is 255 g/mol. The van der Waals surface area contributed by atoms with Crippen molar-refractivity contribution in [2.75, 3.05) is 33.7 Å². The van der Waals surface area contributed by atoms with Crippen LogP contribution < -0.4 is 5.32 Å². The van der Waals surface area contributed by atoms with Crippen molar-refractivity contribution in [3.05, 3.63) is 0 Å². The summed E-state index contributed by atoms with van der Waals surface area (Å²) in [6.45, 7) is 7.31. The Bertz CT molecular complexity index is 249. The maximum Gasteiger partial charge on any atom is 0.239 e. The quantitative estimate of drug-likeness (QED) is 0.808. The molecule has 0 radical (unpaired) electrons. The van der Waals surface area contributed by atoms with Crippen LogP contribution in [0.15, 0.2) is 0 Å². The van der Waals surface area contributed by atoms with Crippen LogP contribution in [0.4, 0.5) is 0 Å². The van der Waals surface area contributed by atoms with Gasteiger partial charge in [-0.05, 0) is 45.3 Å². The van der Waals surface area contributed by atoms with E-state index in [1.165, 1.54) is 19.3 Å². The molecule has 0 aromatic carbocycles. The Morgan fingerprint density at radius 3 is 2.33 bits per heavy atom. The molecule has 4 heteroatoms. The molecule has 0 aromatic rings. The highest BCUT2D eigenvalue weighted by molar-refractivity contribution is 5.81. The van der Waals surface area contributed by atoms with Crippen LogP contribution in [0.5, 0.6) is 0 Å². The number of nitrogens with zero attached hydrogens (tertiary/aromatic N) is 2. The fourth-order valence-corrected chi connectivity index (χ4v) is 2.93. The second-order valence-corrected chi connectivity index (χ2v) is 5.11. The topological polar surface area (TPSA) is 35.6 Å². The first-order valence-electron chi connectivity index (χ1n) is 7.38. The summed E-state index contributed by atoms with van der Waals surface area (Å²) in [5.74, 6) is 0.288. The van der Waals surface area contributed by atoms with Crippen LogP contribution in [0.3, 0.4) is 0 Å². The normalized spacial score (nSPS) is 25.4. The minimum Gasteiger partial charge on any atom is -0.347 e. The van der Waals surface area contributed by atoms with Crippen molar-refractivity contribution >= 4 is 5.91 Å². The Balaban J connectivity index is 0.000000771. The van der Waals surface area contributed by atoms with E-state index in [-0.39, 0.29) is 11.9 Å². The van der Waals surface area contributed by atoms with E-state index in [4.69, 9.17) is 0 Å². The van der Waals surface area contributed by atoms with Gasteiger partial charge in [0.1, 0.15) is 0 Å². The number of carbonyl (C=O) groups excluding carboxylic acids is 1. The second kappa shape index (κ2) is 7.74. The smallest absolute Gasteiger partial charge is 0.239 e. The van der Waals surface area contributed by atoms with Crippen LogP contribution in [-0.2, 0) is 4.79 Å². The number of carbonyl (C=O) groups is 1. The minimum atomic E-state index is 0.151. The Hall–Kier alpha value is -0.610. The first-order chi connectivity index (χ1) is 8.70. The molecule has 2 saturated heterocycles. The molecule has 0 saturated carbocycles. The zero-order valence-corrected chi connectivity index (χ0v) is 12.4. The maximum absolute atomic E-state index is 12.1. The number of nitrogens with one attached hydrogen (secondary N) is 1. The van der Waals surface area contributed by atoms with Crippen LogP contribution in [0.25, 0.3) is 0 Å². The van der Waals surface area contributed by atoms with Gasteiger partial charge in [-0.3, -0.25) is 9.69 Å². The molecule has 2 aliphatic rings. The largest absolute Gasteiger partial charge is 0.347 e. The molecule has 1 amide bonds. The summed E-state index contributed by atoms with van der Waals surface area (Å²) < 4.78 is 0. The maximum atomic E-state index is 12.1. The van der Waals surface area contributed by atoms with E-state index >= 15 is 0 Å². The summed E-state index contributed by atoms with van der Waals surface area (Å²) in [5.41, 5.74) is 0. The number of hydrogen-bond donors (Lipinski definition) is 1. The lowest BCUT2D eigenvalue weighted by molar-refractivity contribution is -0.134. The molecule has 2 heterocycles. The van der Waals surface area contributed by atoms with E-state index in [0.717, 1.165) is 26.1 Å². The SMILES string of the molecule is CC.CN(C)C(=O)[C@@H]1CCCN1C1CCNCC1. The van der Waals surface area contributed by atoms with E-state index in [2.05, 4.69) is 10.2 Å². The van der Waals surface area contributed by atoms with Crippen molar-refractivity contribution in [3.63, 3.8) is 0 Å². The third-order valence-electron chi connectivity index (χ3n) is 3.80. The van der Waals surface area contributed by atoms with Crippen molar-refractivity contribution in [1.82, 2.24) is 15.1 Å². The summed E-state index contributed by atoms with van der Waals surface area (Å²) in [4.78, 5) is 16.3. The molecule has 4 nitrogen and oxygen atoms in total. The van der Waals surface area contributed by atoms with Crippen LogP contribution in [0.1, 0.15) is 39.5 Å². The highest BCUT2D eigenvalue weighted by Crippen LogP contribution is 2.25. The fraction of sp³-hybridized carbons (Fsp3) is 0.929. The molecular weight excluding hydrogens is 226 g/mol. The summed E-state index contributed by atoms with van der Waals surface area (Å²) in [6, 6.07) is 0.774. The summed E-state index contributed by atoms with van der Waals surface area (Å²) in [7, 11) is 3.72. The molecule has 0 aliphatic carbocycles. The van der Waals surface area contributed by atoms with E-state index in [9.17, 15) is 4.79 Å². The molecule has 0 spiro atoms. The Kier molecular flexibility index (Phi) is 6.65. The van der Waals surface area contributed by atoms with Gasteiger partial charge >= 0.3 is 0 Å². The van der Waals surface area contributed by atoms with Crippen molar-refractivity contribution in [2.45, 2.75) is 51.6 Å². The van der Waals surface area contributed by atoms with E-state index in [0.29, 0.717) is 6.04 Å². The molecule has 106 valence electrons. The number of hydrogen-bond acceptors (Lipinski definition) is 3. The number of amides is 1. The predicted octanol–water partition coefficient (Wildman–Crippen LogP) is 1.32. The van der Waals surface area contributed by atoms with Crippen LogP contribution in [-0.4, -0.2) is 61.5 Å². The van der Waals surface area contributed by atoms with Crippen LogP contribution in [0.2, 0.25) is 0 Å². The van der Waals surface area contributed by atoms with Crippen LogP contribution in [0, 0.1) is 0 Å². The average Bonchev–Trinajstić information content (AvgIpc) is 2.90. The van der Waals surface area contributed by atoms with E-state index in [1.807, 2.05) is 27.9 Å². The van der Waals surface area contributed by atoms with Gasteiger partial charge in [-0.15, -0.1) is 0 Å². The van der Waals surface area contributed by atoms with Gasteiger partial charge in [-0.25, -0.2) is 0 Å². The Labute approximate surface area is 112 Å². The Morgan fingerprint density at radius 2 is 1.78 bits per heavy atom. The van der Waals surface area contributed by atoms with Crippen LogP contribution >= 0.6 is 0 Å². The third-order valence-corrected chi connectivity index (χ3v) is 3.80. The second-order valence-electron chi connectivity index (χ2n) is 5.11. The van der Waals surface area contributed by atoms with E-state index < -0.39 is 0 Å². The molecule has 1 N–H and O–H groups in total. The lowest BCUT2D eigenvalue weighted by atomic mass is 10.0. The predicted molar refractivity (Wildman–Crippen MR) is 75.7 cm³/mol. The summed E-state index contributed by atoms with van der Waals surface area (Å²) in [5, 5.41) is 3.38. The van der Waals surface area contributed by atoms with Gasteiger partial charge in [-0.1, -0.05) is 13.8 Å². The molecule has 0 unspecified atom stereocenters. The first kappa shape index (κ1) is 15.4. The van der Waals surface area contributed by atoms with Gasteiger partial charge < -0.3 is 10.2 Å². The lowest BCUT2D eigenvalue weighted by Crippen LogP contribution is -2.50. The highest BCUT2D eigenvalue weighted by atomic mass is 16.2. The van der Waals surface area contributed by atoms with Gasteiger partial charge in [0.15, 0.2) is 0 Å². The number of likely N-dealkylation sites (N-methyl/N-ethyl adjacent to an activating group) is 1. The van der Waals surface area contributed by atoms with Gasteiger partial charge in [-0.2, -0.15) is 0 Å². The third kappa shape index (κ3) is 3.69. The summed E-state index contributed by atoms with van der Waals surface area (Å²) in [6.07, 6.45) is 4.60. The molecule has 1 atom stereocenters. The first-order valence-corrected chi connectivity index (χ1v) is 7.38. The Morgan fingerprint density at radius 1 is 1.17 bits per heavy atom. The molecule has 0 aromatic heterocycles. The van der Waals surface area contributed by atoms with Gasteiger partial charge in [0.05, 0.1) is 6.04 Å². The number of piperidine rings is 1. The van der Waals surface area contributed by atoms with Crippen molar-refractivity contribution < 1.29 is 4.79 Å². The van der Waals surface area contributed by atoms with Crippen molar-refractivity contribution in [3.8, 4) is 0 Å². The molecule has 18 heavy (non-hydrogen) atoms. The lowest BCUT2D eigenvalue weighted by Gasteiger charge is -2.35. The molecule has 2 rings (SSSR count). The van der Waals surface area contributed by atoms with Gasteiger partial charge in [0.2, 0.25) is 5.91 Å². The highest BCUT2D eigenvalue weighted by Gasteiger charge is 2.36. The molecule has 2 aliphatic heterocycles. The number of rotatable bonds is 2.